The third kappa shape index (κ3) is 4.88. The van der Waals surface area contributed by atoms with Crippen molar-refractivity contribution in [1.29, 1.82) is 0 Å². The number of anilines is 3. The van der Waals surface area contributed by atoms with E-state index in [0.29, 0.717) is 11.4 Å². The molecule has 2 amide bonds. The quantitative estimate of drug-likeness (QED) is 0.595. The Kier molecular flexibility index (Phi) is 5.51. The van der Waals surface area contributed by atoms with Crippen LogP contribution in [0.5, 0.6) is 0 Å². The fraction of sp³-hybridized carbons (Fsp3) is 0.150. The van der Waals surface area contributed by atoms with Crippen molar-refractivity contribution in [2.24, 2.45) is 0 Å². The summed E-state index contributed by atoms with van der Waals surface area (Å²) in [4.78, 5) is 28.7. The highest BCUT2D eigenvalue weighted by molar-refractivity contribution is 7.92. The van der Waals surface area contributed by atoms with Gasteiger partial charge in [0.2, 0.25) is 15.9 Å². The minimum Gasteiger partial charge on any atom is -0.326 e. The number of fused-ring (bicyclic) bond motifs is 1. The lowest BCUT2D eigenvalue weighted by Crippen LogP contribution is -2.18. The number of aryl methyl sites for hydroxylation is 1. The van der Waals surface area contributed by atoms with Gasteiger partial charge in [0, 0.05) is 24.2 Å². The lowest BCUT2D eigenvalue weighted by Gasteiger charge is -2.14. The maximum atomic E-state index is 13.0. The van der Waals surface area contributed by atoms with Gasteiger partial charge in [0.15, 0.2) is 0 Å². The number of rotatable bonds is 5. The van der Waals surface area contributed by atoms with E-state index in [1.807, 2.05) is 19.1 Å². The molecular weight excluding hydrogens is 392 g/mol. The molecule has 9 heteroatoms. The van der Waals surface area contributed by atoms with Crippen molar-refractivity contribution in [2.45, 2.75) is 13.8 Å². The first-order chi connectivity index (χ1) is 13.6. The molecule has 8 nitrogen and oxygen atoms in total. The molecule has 0 aliphatic rings. The van der Waals surface area contributed by atoms with Gasteiger partial charge < -0.3 is 10.6 Å². The van der Waals surface area contributed by atoms with Crippen LogP contribution in [0.2, 0.25) is 0 Å². The first-order valence-electron chi connectivity index (χ1n) is 8.69. The molecule has 0 spiro atoms. The zero-order valence-electron chi connectivity index (χ0n) is 16.1. The van der Waals surface area contributed by atoms with Crippen LogP contribution in [-0.4, -0.2) is 31.5 Å². The van der Waals surface area contributed by atoms with Gasteiger partial charge in [-0.3, -0.25) is 19.3 Å². The second-order valence-corrected chi connectivity index (χ2v) is 8.35. The van der Waals surface area contributed by atoms with Crippen molar-refractivity contribution in [2.75, 3.05) is 21.6 Å². The number of carbonyl (C=O) groups excluding carboxylic acids is 2. The van der Waals surface area contributed by atoms with Crippen molar-refractivity contribution in [3.05, 3.63) is 59.8 Å². The van der Waals surface area contributed by atoms with E-state index >= 15 is 0 Å². The van der Waals surface area contributed by atoms with E-state index in [2.05, 4.69) is 20.3 Å². The predicted octanol–water partition coefficient (Wildman–Crippen LogP) is 3.13. The van der Waals surface area contributed by atoms with Gasteiger partial charge in [0.1, 0.15) is 0 Å². The van der Waals surface area contributed by atoms with Crippen molar-refractivity contribution in [3.8, 4) is 0 Å². The predicted molar refractivity (Wildman–Crippen MR) is 114 cm³/mol. The van der Waals surface area contributed by atoms with Crippen LogP contribution in [0.4, 0.5) is 17.1 Å². The molecule has 0 bridgehead atoms. The van der Waals surface area contributed by atoms with E-state index in [9.17, 15) is 18.0 Å². The van der Waals surface area contributed by atoms with Gasteiger partial charge >= 0.3 is 0 Å². The summed E-state index contributed by atoms with van der Waals surface area (Å²) in [6.45, 7) is 3.26. The van der Waals surface area contributed by atoms with Crippen LogP contribution < -0.4 is 15.4 Å². The van der Waals surface area contributed by atoms with Crippen molar-refractivity contribution in [3.63, 3.8) is 0 Å². The fourth-order valence-electron chi connectivity index (χ4n) is 2.91. The van der Waals surface area contributed by atoms with Gasteiger partial charge in [-0.2, -0.15) is 0 Å². The van der Waals surface area contributed by atoms with Crippen LogP contribution in [0.25, 0.3) is 10.9 Å². The summed E-state index contributed by atoms with van der Waals surface area (Å²) in [7, 11) is -3.61. The van der Waals surface area contributed by atoms with Gasteiger partial charge in [0.05, 0.1) is 28.7 Å². The molecule has 29 heavy (non-hydrogen) atoms. The van der Waals surface area contributed by atoms with E-state index in [1.165, 1.54) is 25.1 Å². The molecule has 0 unspecified atom stereocenters. The molecule has 0 saturated heterocycles. The number of nitrogens with zero attached hydrogens (tertiary/aromatic N) is 1. The monoisotopic (exact) mass is 412 g/mol. The average molecular weight is 412 g/mol. The summed E-state index contributed by atoms with van der Waals surface area (Å²) in [6, 6.07) is 11.6. The standard InChI is InChI=1S/C20H20N4O4S/c1-12-6-8-17(15-5-4-10-21-19(12)15)23-20(26)16-11-14(22-13(2)25)7-9-18(16)24-29(3,27)28/h4-11,24H,1-3H3,(H,22,25)(H,23,26). The Hall–Kier alpha value is -3.46. The minimum atomic E-state index is -3.61. The maximum absolute atomic E-state index is 13.0. The largest absolute Gasteiger partial charge is 0.326 e. The van der Waals surface area contributed by atoms with Gasteiger partial charge in [-0.25, -0.2) is 8.42 Å². The summed E-state index contributed by atoms with van der Waals surface area (Å²) < 4.78 is 25.7. The molecule has 3 aromatic rings. The van der Waals surface area contributed by atoms with Crippen molar-refractivity contribution >= 4 is 49.8 Å². The molecule has 0 fully saturated rings. The van der Waals surface area contributed by atoms with Gasteiger partial charge in [-0.05, 0) is 48.9 Å². The maximum Gasteiger partial charge on any atom is 0.257 e. The van der Waals surface area contributed by atoms with Gasteiger partial charge in [-0.15, -0.1) is 0 Å². The highest BCUT2D eigenvalue weighted by atomic mass is 32.2. The van der Waals surface area contributed by atoms with E-state index in [-0.39, 0.29) is 17.2 Å². The van der Waals surface area contributed by atoms with E-state index in [0.717, 1.165) is 22.7 Å². The number of nitrogens with one attached hydrogen (secondary N) is 3. The third-order valence-corrected chi connectivity index (χ3v) is 4.69. The lowest BCUT2D eigenvalue weighted by atomic mass is 10.1. The van der Waals surface area contributed by atoms with E-state index < -0.39 is 15.9 Å². The Balaban J connectivity index is 2.03. The molecule has 0 atom stereocenters. The number of aromatic nitrogens is 1. The Bertz CT molecular complexity index is 1220. The molecule has 3 rings (SSSR count). The Morgan fingerprint density at radius 2 is 1.72 bits per heavy atom. The molecule has 1 heterocycles. The number of benzene rings is 2. The summed E-state index contributed by atoms with van der Waals surface area (Å²) in [5.74, 6) is -0.840. The topological polar surface area (TPSA) is 117 Å². The molecule has 0 aliphatic carbocycles. The van der Waals surface area contributed by atoms with Crippen LogP contribution >= 0.6 is 0 Å². The Morgan fingerprint density at radius 1 is 1.00 bits per heavy atom. The van der Waals surface area contributed by atoms with Crippen molar-refractivity contribution in [1.82, 2.24) is 4.98 Å². The first-order valence-corrected chi connectivity index (χ1v) is 10.6. The van der Waals surface area contributed by atoms with Crippen LogP contribution in [0, 0.1) is 6.92 Å². The van der Waals surface area contributed by atoms with Crippen molar-refractivity contribution < 1.29 is 18.0 Å². The number of sulfonamides is 1. The molecule has 0 saturated carbocycles. The number of pyridine rings is 1. The third-order valence-electron chi connectivity index (χ3n) is 4.10. The van der Waals surface area contributed by atoms with Crippen LogP contribution in [0.3, 0.4) is 0 Å². The van der Waals surface area contributed by atoms with Crippen LogP contribution in [-0.2, 0) is 14.8 Å². The minimum absolute atomic E-state index is 0.0688. The molecule has 0 radical (unpaired) electrons. The first kappa shape index (κ1) is 20.3. The number of hydrogen-bond acceptors (Lipinski definition) is 5. The molecule has 3 N–H and O–H groups in total. The average Bonchev–Trinajstić information content (AvgIpc) is 2.64. The normalized spacial score (nSPS) is 11.1. The lowest BCUT2D eigenvalue weighted by molar-refractivity contribution is -0.114. The molecule has 150 valence electrons. The SMILES string of the molecule is CC(=O)Nc1ccc(NS(C)(=O)=O)c(C(=O)Nc2ccc(C)c3ncccc23)c1. The number of carbonyl (C=O) groups is 2. The molecule has 2 aromatic carbocycles. The number of hydrogen-bond donors (Lipinski definition) is 3. The smallest absolute Gasteiger partial charge is 0.257 e. The van der Waals surface area contributed by atoms with Gasteiger partial charge in [-0.1, -0.05) is 6.07 Å². The Morgan fingerprint density at radius 3 is 2.41 bits per heavy atom. The second kappa shape index (κ2) is 7.88. The second-order valence-electron chi connectivity index (χ2n) is 6.60. The van der Waals surface area contributed by atoms with Gasteiger partial charge in [0.25, 0.3) is 5.91 Å². The fourth-order valence-corrected chi connectivity index (χ4v) is 3.49. The molecule has 1 aromatic heterocycles. The molecule has 0 aliphatic heterocycles. The molecular formula is C20H20N4O4S. The zero-order chi connectivity index (χ0) is 21.2. The number of amides is 2. The zero-order valence-corrected chi connectivity index (χ0v) is 16.9. The Labute approximate surface area is 168 Å². The highest BCUT2D eigenvalue weighted by Crippen LogP contribution is 2.27. The van der Waals surface area contributed by atoms with Crippen LogP contribution in [0.15, 0.2) is 48.7 Å². The summed E-state index contributed by atoms with van der Waals surface area (Å²) in [6.07, 6.45) is 2.67. The van der Waals surface area contributed by atoms with Crippen LogP contribution in [0.1, 0.15) is 22.8 Å². The summed E-state index contributed by atoms with van der Waals surface area (Å²) in [5.41, 5.74) is 2.81. The summed E-state index contributed by atoms with van der Waals surface area (Å²) >= 11 is 0. The van der Waals surface area contributed by atoms with E-state index in [1.54, 1.807) is 18.3 Å². The van der Waals surface area contributed by atoms with E-state index in [4.69, 9.17) is 0 Å². The summed E-state index contributed by atoms with van der Waals surface area (Å²) in [5, 5.41) is 6.15. The highest BCUT2D eigenvalue weighted by Gasteiger charge is 2.17.